The Balaban J connectivity index is 1.76. The molecule has 2 aromatic rings. The Bertz CT molecular complexity index is 749. The van der Waals surface area contributed by atoms with Gasteiger partial charge in [-0.3, -0.25) is 4.79 Å². The fraction of sp³-hybridized carbons (Fsp3) is 0.588. The highest BCUT2D eigenvalue weighted by atomic mass is 16.4. The first-order valence-electron chi connectivity index (χ1n) is 8.37. The van der Waals surface area contributed by atoms with Crippen molar-refractivity contribution in [1.29, 1.82) is 0 Å². The molecule has 0 spiro atoms. The maximum absolute atomic E-state index is 12.6. The third kappa shape index (κ3) is 2.84. The van der Waals surface area contributed by atoms with Crippen LogP contribution < -0.4 is 0 Å². The number of carbonyl (C=O) groups excluding carboxylic acids is 1. The molecule has 24 heavy (non-hydrogen) atoms. The van der Waals surface area contributed by atoms with Crippen LogP contribution in [0.4, 0.5) is 0 Å². The van der Waals surface area contributed by atoms with E-state index in [0.717, 1.165) is 17.7 Å². The van der Waals surface area contributed by atoms with E-state index >= 15 is 0 Å². The van der Waals surface area contributed by atoms with Crippen molar-refractivity contribution in [3.8, 4) is 0 Å². The number of nitrogens with zero attached hydrogens (tertiary/aromatic N) is 4. The summed E-state index contributed by atoms with van der Waals surface area (Å²) in [6, 6.07) is 1.95. The highest BCUT2D eigenvalue weighted by molar-refractivity contribution is 5.92. The third-order valence-corrected chi connectivity index (χ3v) is 4.60. The lowest BCUT2D eigenvalue weighted by Crippen LogP contribution is -2.34. The zero-order valence-electron chi connectivity index (χ0n) is 14.6. The van der Waals surface area contributed by atoms with Gasteiger partial charge in [-0.25, -0.2) is 4.68 Å². The minimum atomic E-state index is -1.15. The van der Waals surface area contributed by atoms with E-state index in [0.29, 0.717) is 24.4 Å². The summed E-state index contributed by atoms with van der Waals surface area (Å²) in [5.41, 5.74) is 0.337. The molecule has 0 aromatic carbocycles. The van der Waals surface area contributed by atoms with Gasteiger partial charge in [-0.15, -0.1) is 5.10 Å². The van der Waals surface area contributed by atoms with Gasteiger partial charge in [0.1, 0.15) is 17.1 Å². The first kappa shape index (κ1) is 16.7. The third-order valence-electron chi connectivity index (χ3n) is 4.60. The standard InChI is InChI=1S/C17H24N4O3/c1-5-13-12(4)8-14(24-13)16(22)20-7-6-17(23,10-20)15-9-21(11(2)3)19-18-15/h8-9,11,23H,5-7,10H2,1-4H3. The molecule has 130 valence electrons. The van der Waals surface area contributed by atoms with E-state index in [1.807, 2.05) is 27.7 Å². The van der Waals surface area contributed by atoms with Gasteiger partial charge in [0.05, 0.1) is 12.7 Å². The fourth-order valence-electron chi connectivity index (χ4n) is 3.05. The Kier molecular flexibility index (Phi) is 4.21. The molecule has 7 heteroatoms. The molecule has 0 bridgehead atoms. The van der Waals surface area contributed by atoms with Gasteiger partial charge >= 0.3 is 0 Å². The van der Waals surface area contributed by atoms with Crippen molar-refractivity contribution in [2.75, 3.05) is 13.1 Å². The molecule has 1 saturated heterocycles. The molecular weight excluding hydrogens is 308 g/mol. The molecule has 3 heterocycles. The molecular formula is C17H24N4O3. The predicted molar refractivity (Wildman–Crippen MR) is 87.6 cm³/mol. The number of amides is 1. The van der Waals surface area contributed by atoms with Gasteiger partial charge in [0.25, 0.3) is 5.91 Å². The van der Waals surface area contributed by atoms with Crippen molar-refractivity contribution in [3.05, 3.63) is 35.0 Å². The summed E-state index contributed by atoms with van der Waals surface area (Å²) in [7, 11) is 0. The maximum Gasteiger partial charge on any atom is 0.289 e. The van der Waals surface area contributed by atoms with Crippen molar-refractivity contribution >= 4 is 5.91 Å². The van der Waals surface area contributed by atoms with Gasteiger partial charge in [0.2, 0.25) is 0 Å². The van der Waals surface area contributed by atoms with Crippen LogP contribution in [0.2, 0.25) is 0 Å². The summed E-state index contributed by atoms with van der Waals surface area (Å²) in [5, 5.41) is 19.0. The van der Waals surface area contributed by atoms with E-state index in [4.69, 9.17) is 4.42 Å². The average molecular weight is 332 g/mol. The summed E-state index contributed by atoms with van der Waals surface area (Å²) in [6.45, 7) is 8.58. The van der Waals surface area contributed by atoms with Crippen LogP contribution in [0.15, 0.2) is 16.7 Å². The molecule has 7 nitrogen and oxygen atoms in total. The van der Waals surface area contributed by atoms with Gasteiger partial charge in [0, 0.05) is 25.4 Å². The monoisotopic (exact) mass is 332 g/mol. The maximum atomic E-state index is 12.6. The van der Waals surface area contributed by atoms with Crippen molar-refractivity contribution in [2.24, 2.45) is 0 Å². The molecule has 2 aromatic heterocycles. The molecule has 1 fully saturated rings. The van der Waals surface area contributed by atoms with Crippen LogP contribution in [0.3, 0.4) is 0 Å². The lowest BCUT2D eigenvalue weighted by Gasteiger charge is -2.20. The number of likely N-dealkylation sites (tertiary alicyclic amines) is 1. The number of furan rings is 1. The zero-order valence-corrected chi connectivity index (χ0v) is 14.6. The zero-order chi connectivity index (χ0) is 17.5. The van der Waals surface area contributed by atoms with E-state index < -0.39 is 5.60 Å². The van der Waals surface area contributed by atoms with E-state index in [-0.39, 0.29) is 18.5 Å². The first-order valence-corrected chi connectivity index (χ1v) is 8.37. The minimum Gasteiger partial charge on any atom is -0.456 e. The molecule has 1 atom stereocenters. The normalized spacial score (nSPS) is 21.0. The Morgan fingerprint density at radius 2 is 2.25 bits per heavy atom. The van der Waals surface area contributed by atoms with E-state index in [2.05, 4.69) is 10.3 Å². The number of rotatable bonds is 4. The summed E-state index contributed by atoms with van der Waals surface area (Å²) in [6.07, 6.45) is 2.95. The molecule has 1 amide bonds. The van der Waals surface area contributed by atoms with Gasteiger partial charge in [-0.1, -0.05) is 12.1 Å². The second-order valence-corrected chi connectivity index (χ2v) is 6.76. The SMILES string of the molecule is CCc1oc(C(=O)N2CCC(O)(c3cn(C(C)C)nn3)C2)cc1C. The topological polar surface area (TPSA) is 84.4 Å². The van der Waals surface area contributed by atoms with Crippen molar-refractivity contribution in [2.45, 2.75) is 52.2 Å². The summed E-state index contributed by atoms with van der Waals surface area (Å²) >= 11 is 0. The largest absolute Gasteiger partial charge is 0.456 e. The summed E-state index contributed by atoms with van der Waals surface area (Å²) < 4.78 is 7.35. The lowest BCUT2D eigenvalue weighted by molar-refractivity contribution is 0.0372. The summed E-state index contributed by atoms with van der Waals surface area (Å²) in [4.78, 5) is 14.3. The lowest BCUT2D eigenvalue weighted by atomic mass is 10.00. The van der Waals surface area contributed by atoms with E-state index in [9.17, 15) is 9.90 Å². The van der Waals surface area contributed by atoms with Gasteiger partial charge in [-0.05, 0) is 32.4 Å². The number of hydrogen-bond donors (Lipinski definition) is 1. The van der Waals surface area contributed by atoms with E-state index in [1.165, 1.54) is 0 Å². The molecule has 1 aliphatic rings. The quantitative estimate of drug-likeness (QED) is 0.926. The number of β-amino-alcohol motifs (C(OH)–C–C–N with tert-alkyl or cyclic N) is 1. The van der Waals surface area contributed by atoms with Gasteiger partial charge < -0.3 is 14.4 Å². The van der Waals surface area contributed by atoms with Gasteiger partial charge in [0.15, 0.2) is 5.76 Å². The minimum absolute atomic E-state index is 0.174. The average Bonchev–Trinajstić information content (AvgIpc) is 3.24. The Hall–Kier alpha value is -2.15. The van der Waals surface area contributed by atoms with Crippen LogP contribution in [-0.4, -0.2) is 44.0 Å². The van der Waals surface area contributed by atoms with Crippen LogP contribution in [0, 0.1) is 6.92 Å². The Morgan fingerprint density at radius 1 is 1.50 bits per heavy atom. The van der Waals surface area contributed by atoms with E-state index in [1.54, 1.807) is 21.8 Å². The smallest absolute Gasteiger partial charge is 0.289 e. The fourth-order valence-corrected chi connectivity index (χ4v) is 3.05. The molecule has 0 aliphatic carbocycles. The number of carbonyl (C=O) groups is 1. The van der Waals surface area contributed by atoms with Crippen LogP contribution in [0.5, 0.6) is 0 Å². The Morgan fingerprint density at radius 3 is 2.83 bits per heavy atom. The second-order valence-electron chi connectivity index (χ2n) is 6.76. The molecule has 0 radical (unpaired) electrons. The second kappa shape index (κ2) is 6.05. The van der Waals surface area contributed by atoms with Crippen molar-refractivity contribution < 1.29 is 14.3 Å². The highest BCUT2D eigenvalue weighted by Crippen LogP contribution is 2.32. The molecule has 0 saturated carbocycles. The molecule has 1 aliphatic heterocycles. The summed E-state index contributed by atoms with van der Waals surface area (Å²) in [5.74, 6) is 0.970. The number of aromatic nitrogens is 3. The predicted octanol–water partition coefficient (Wildman–Crippen LogP) is 2.06. The Labute approximate surface area is 141 Å². The van der Waals surface area contributed by atoms with Crippen LogP contribution in [-0.2, 0) is 12.0 Å². The van der Waals surface area contributed by atoms with Crippen LogP contribution >= 0.6 is 0 Å². The van der Waals surface area contributed by atoms with Crippen LogP contribution in [0.25, 0.3) is 0 Å². The molecule has 1 N–H and O–H groups in total. The number of aryl methyl sites for hydroxylation is 2. The molecule has 1 unspecified atom stereocenters. The van der Waals surface area contributed by atoms with Crippen LogP contribution in [0.1, 0.15) is 60.8 Å². The highest BCUT2D eigenvalue weighted by Gasteiger charge is 2.42. The first-order chi connectivity index (χ1) is 11.3. The number of aliphatic hydroxyl groups is 1. The van der Waals surface area contributed by atoms with Gasteiger partial charge in [-0.2, -0.15) is 0 Å². The van der Waals surface area contributed by atoms with Crippen molar-refractivity contribution in [3.63, 3.8) is 0 Å². The molecule has 3 rings (SSSR count). The van der Waals surface area contributed by atoms with Crippen molar-refractivity contribution in [1.82, 2.24) is 19.9 Å². The number of hydrogen-bond acceptors (Lipinski definition) is 5.